The van der Waals surface area contributed by atoms with Gasteiger partial charge in [0.25, 0.3) is 0 Å². The number of anilines is 2. The van der Waals surface area contributed by atoms with Crippen LogP contribution in [-0.2, 0) is 0 Å². The number of fused-ring (bicyclic) bond motifs is 1. The Hall–Kier alpha value is -1.40. The van der Waals surface area contributed by atoms with E-state index >= 15 is 0 Å². The average molecular weight is 307 g/mol. The van der Waals surface area contributed by atoms with Gasteiger partial charge in [-0.2, -0.15) is 4.98 Å². The molecule has 116 valence electrons. The summed E-state index contributed by atoms with van der Waals surface area (Å²) >= 11 is 1.64. The van der Waals surface area contributed by atoms with Crippen LogP contribution in [0.5, 0.6) is 0 Å². The SMILES string of the molecule is CNc1nc(NCCN(C(C)C)C(C)C)c2ccsc2n1. The van der Waals surface area contributed by atoms with Gasteiger partial charge in [-0.05, 0) is 39.1 Å². The minimum absolute atomic E-state index is 0.547. The van der Waals surface area contributed by atoms with Crippen LogP contribution >= 0.6 is 11.3 Å². The van der Waals surface area contributed by atoms with Gasteiger partial charge in [-0.1, -0.05) is 0 Å². The molecule has 0 spiro atoms. The van der Waals surface area contributed by atoms with Crippen molar-refractivity contribution in [3.05, 3.63) is 11.4 Å². The Labute approximate surface area is 130 Å². The van der Waals surface area contributed by atoms with Crippen LogP contribution in [0.3, 0.4) is 0 Å². The summed E-state index contributed by atoms with van der Waals surface area (Å²) in [5.74, 6) is 1.58. The predicted molar refractivity (Wildman–Crippen MR) is 92.4 cm³/mol. The van der Waals surface area contributed by atoms with Crippen molar-refractivity contribution in [3.63, 3.8) is 0 Å². The molecular formula is C15H25N5S. The van der Waals surface area contributed by atoms with Gasteiger partial charge in [0.1, 0.15) is 10.6 Å². The first-order valence-electron chi connectivity index (χ1n) is 7.45. The lowest BCUT2D eigenvalue weighted by Crippen LogP contribution is -2.40. The fraction of sp³-hybridized carbons (Fsp3) is 0.600. The summed E-state index contributed by atoms with van der Waals surface area (Å²) < 4.78 is 0. The van der Waals surface area contributed by atoms with Crippen molar-refractivity contribution in [1.29, 1.82) is 0 Å². The topological polar surface area (TPSA) is 53.1 Å². The molecule has 0 radical (unpaired) electrons. The molecule has 0 aliphatic carbocycles. The molecule has 0 aromatic carbocycles. The number of thiophene rings is 1. The van der Waals surface area contributed by atoms with Gasteiger partial charge in [0, 0.05) is 32.2 Å². The summed E-state index contributed by atoms with van der Waals surface area (Å²) in [6.45, 7) is 10.8. The summed E-state index contributed by atoms with van der Waals surface area (Å²) in [7, 11) is 1.85. The first-order chi connectivity index (χ1) is 10.0. The van der Waals surface area contributed by atoms with Gasteiger partial charge in [-0.15, -0.1) is 11.3 Å². The smallest absolute Gasteiger partial charge is 0.225 e. The van der Waals surface area contributed by atoms with Gasteiger partial charge in [-0.3, -0.25) is 4.90 Å². The highest BCUT2D eigenvalue weighted by Crippen LogP contribution is 2.26. The Balaban J connectivity index is 2.07. The molecule has 0 aliphatic heterocycles. The lowest BCUT2D eigenvalue weighted by molar-refractivity contribution is 0.182. The van der Waals surface area contributed by atoms with Crippen LogP contribution in [0.4, 0.5) is 11.8 Å². The maximum Gasteiger partial charge on any atom is 0.225 e. The number of hydrogen-bond acceptors (Lipinski definition) is 6. The number of aromatic nitrogens is 2. The first kappa shape index (κ1) is 16.0. The molecule has 0 bridgehead atoms. The Morgan fingerprint density at radius 3 is 2.52 bits per heavy atom. The Morgan fingerprint density at radius 1 is 1.19 bits per heavy atom. The molecule has 0 aliphatic rings. The fourth-order valence-corrected chi connectivity index (χ4v) is 3.28. The van der Waals surface area contributed by atoms with Crippen molar-refractivity contribution >= 4 is 33.3 Å². The number of hydrogen-bond donors (Lipinski definition) is 2. The quantitative estimate of drug-likeness (QED) is 0.822. The van der Waals surface area contributed by atoms with E-state index in [1.54, 1.807) is 11.3 Å². The normalized spacial score (nSPS) is 11.8. The van der Waals surface area contributed by atoms with Crippen LogP contribution in [0.2, 0.25) is 0 Å². The lowest BCUT2D eigenvalue weighted by atomic mass is 10.2. The molecule has 6 heteroatoms. The second-order valence-electron chi connectivity index (χ2n) is 5.64. The van der Waals surface area contributed by atoms with Crippen LogP contribution in [0, 0.1) is 0 Å². The second-order valence-corrected chi connectivity index (χ2v) is 6.53. The third-order valence-corrected chi connectivity index (χ3v) is 4.34. The van der Waals surface area contributed by atoms with Gasteiger partial charge in [0.05, 0.1) is 5.39 Å². The highest BCUT2D eigenvalue weighted by atomic mass is 32.1. The van der Waals surface area contributed by atoms with Gasteiger partial charge in [0.15, 0.2) is 0 Å². The molecule has 0 saturated heterocycles. The van der Waals surface area contributed by atoms with Crippen LogP contribution in [-0.4, -0.2) is 47.1 Å². The van der Waals surface area contributed by atoms with Crippen molar-refractivity contribution in [1.82, 2.24) is 14.9 Å². The fourth-order valence-electron chi connectivity index (χ4n) is 2.52. The average Bonchev–Trinajstić information content (AvgIpc) is 2.90. The van der Waals surface area contributed by atoms with E-state index in [4.69, 9.17) is 0 Å². The largest absolute Gasteiger partial charge is 0.368 e. The standard InChI is InChI=1S/C15H25N5S/c1-10(2)20(11(3)4)8-7-17-13-12-6-9-21-14(12)19-15(16-5)18-13/h6,9-11H,7-8H2,1-5H3,(H2,16,17,18,19). The molecular weight excluding hydrogens is 282 g/mol. The van der Waals surface area contributed by atoms with Gasteiger partial charge >= 0.3 is 0 Å². The van der Waals surface area contributed by atoms with E-state index in [9.17, 15) is 0 Å². The van der Waals surface area contributed by atoms with E-state index in [1.165, 1.54) is 0 Å². The van der Waals surface area contributed by atoms with E-state index < -0.39 is 0 Å². The van der Waals surface area contributed by atoms with Crippen LogP contribution < -0.4 is 10.6 Å². The molecule has 0 saturated carbocycles. The molecule has 0 amide bonds. The monoisotopic (exact) mass is 307 g/mol. The van der Waals surface area contributed by atoms with E-state index in [-0.39, 0.29) is 0 Å². The van der Waals surface area contributed by atoms with Gasteiger partial charge in [-0.25, -0.2) is 4.98 Å². The number of nitrogens with zero attached hydrogens (tertiary/aromatic N) is 3. The maximum absolute atomic E-state index is 4.53. The molecule has 2 aromatic rings. The molecule has 2 heterocycles. The molecule has 2 rings (SSSR count). The summed E-state index contributed by atoms with van der Waals surface area (Å²) in [4.78, 5) is 12.5. The van der Waals surface area contributed by atoms with E-state index in [1.807, 2.05) is 7.05 Å². The Bertz CT molecular complexity index is 570. The summed E-state index contributed by atoms with van der Waals surface area (Å²) in [6.07, 6.45) is 0. The highest BCUT2D eigenvalue weighted by Gasteiger charge is 2.13. The lowest BCUT2D eigenvalue weighted by Gasteiger charge is -2.30. The second kappa shape index (κ2) is 7.04. The van der Waals surface area contributed by atoms with Crippen LogP contribution in [0.1, 0.15) is 27.7 Å². The maximum atomic E-state index is 4.53. The molecule has 0 atom stereocenters. The summed E-state index contributed by atoms with van der Waals surface area (Å²) in [6, 6.07) is 3.17. The zero-order valence-corrected chi connectivity index (χ0v) is 14.3. The molecule has 2 N–H and O–H groups in total. The predicted octanol–water partition coefficient (Wildman–Crippen LogP) is 3.26. The third kappa shape index (κ3) is 3.83. The summed E-state index contributed by atoms with van der Waals surface area (Å²) in [5.41, 5.74) is 0. The van der Waals surface area contributed by atoms with Crippen molar-refractivity contribution < 1.29 is 0 Å². The minimum Gasteiger partial charge on any atom is -0.368 e. The molecule has 0 unspecified atom stereocenters. The van der Waals surface area contributed by atoms with E-state index in [2.05, 4.69) is 64.6 Å². The van der Waals surface area contributed by atoms with Crippen molar-refractivity contribution in [3.8, 4) is 0 Å². The Kier molecular flexibility index (Phi) is 5.36. The van der Waals surface area contributed by atoms with Crippen LogP contribution in [0.15, 0.2) is 11.4 Å². The van der Waals surface area contributed by atoms with Crippen LogP contribution in [0.25, 0.3) is 10.2 Å². The highest BCUT2D eigenvalue weighted by molar-refractivity contribution is 7.16. The zero-order chi connectivity index (χ0) is 15.4. The third-order valence-electron chi connectivity index (χ3n) is 3.54. The van der Waals surface area contributed by atoms with E-state index in [0.29, 0.717) is 18.0 Å². The van der Waals surface area contributed by atoms with Gasteiger partial charge < -0.3 is 10.6 Å². The first-order valence-corrected chi connectivity index (χ1v) is 8.33. The molecule has 21 heavy (non-hydrogen) atoms. The minimum atomic E-state index is 0.547. The number of rotatable bonds is 7. The number of nitrogens with one attached hydrogen (secondary N) is 2. The zero-order valence-electron chi connectivity index (χ0n) is 13.5. The summed E-state index contributed by atoms with van der Waals surface area (Å²) in [5, 5.41) is 9.63. The molecule has 5 nitrogen and oxygen atoms in total. The van der Waals surface area contributed by atoms with E-state index in [0.717, 1.165) is 29.1 Å². The Morgan fingerprint density at radius 2 is 1.90 bits per heavy atom. The molecule has 0 fully saturated rings. The molecule has 2 aromatic heterocycles. The van der Waals surface area contributed by atoms with Crippen molar-refractivity contribution in [2.24, 2.45) is 0 Å². The van der Waals surface area contributed by atoms with Crippen molar-refractivity contribution in [2.45, 2.75) is 39.8 Å². The van der Waals surface area contributed by atoms with Crippen molar-refractivity contribution in [2.75, 3.05) is 30.8 Å². The van der Waals surface area contributed by atoms with Gasteiger partial charge in [0.2, 0.25) is 5.95 Å².